The number of nitrogens with zero attached hydrogens (tertiary/aromatic N) is 3. The van der Waals surface area contributed by atoms with Crippen LogP contribution >= 0.6 is 0 Å². The molecule has 25 heavy (non-hydrogen) atoms. The van der Waals surface area contributed by atoms with E-state index in [4.69, 9.17) is 0 Å². The minimum Gasteiger partial charge on any atom is -0.353 e. The molecule has 2 unspecified atom stereocenters. The van der Waals surface area contributed by atoms with Gasteiger partial charge >= 0.3 is 0 Å². The average molecular weight is 342 g/mol. The quantitative estimate of drug-likeness (QED) is 0.599. The van der Waals surface area contributed by atoms with E-state index in [2.05, 4.69) is 77.1 Å². The Morgan fingerprint density at radius 2 is 1.88 bits per heavy atom. The first-order valence-electron chi connectivity index (χ1n) is 9.03. The lowest BCUT2D eigenvalue weighted by molar-refractivity contribution is 0.501. The molecular formula is C20H31N5. The smallest absolute Gasteiger partial charge is 0.191 e. The maximum Gasteiger partial charge on any atom is 0.191 e. The van der Waals surface area contributed by atoms with Gasteiger partial charge in [-0.2, -0.15) is 0 Å². The molecule has 2 N–H and O–H groups in total. The van der Waals surface area contributed by atoms with E-state index in [0.29, 0.717) is 18.4 Å². The third-order valence-electron chi connectivity index (χ3n) is 4.44. The van der Waals surface area contributed by atoms with E-state index in [-0.39, 0.29) is 6.04 Å². The van der Waals surface area contributed by atoms with E-state index in [1.54, 1.807) is 7.05 Å². The van der Waals surface area contributed by atoms with Crippen LogP contribution in [0.1, 0.15) is 45.0 Å². The Hall–Kier alpha value is -2.30. The van der Waals surface area contributed by atoms with Gasteiger partial charge in [-0.25, -0.2) is 4.98 Å². The number of rotatable bonds is 7. The van der Waals surface area contributed by atoms with Crippen LogP contribution in [0.15, 0.2) is 47.7 Å². The number of aromatic nitrogens is 2. The summed E-state index contributed by atoms with van der Waals surface area (Å²) in [5.74, 6) is 2.81. The molecule has 0 saturated carbocycles. The zero-order valence-electron chi connectivity index (χ0n) is 16.0. The number of hydrogen-bond donors (Lipinski definition) is 2. The highest BCUT2D eigenvalue weighted by atomic mass is 15.2. The number of benzene rings is 1. The Bertz CT molecular complexity index is 660. The van der Waals surface area contributed by atoms with Crippen molar-refractivity contribution in [2.75, 3.05) is 7.05 Å². The molecule has 0 saturated heterocycles. The lowest BCUT2D eigenvalue weighted by atomic mass is 9.94. The summed E-state index contributed by atoms with van der Waals surface area (Å²) in [6, 6.07) is 10.8. The molecule has 136 valence electrons. The topological polar surface area (TPSA) is 54.2 Å². The summed E-state index contributed by atoms with van der Waals surface area (Å²) < 4.78 is 2.20. The van der Waals surface area contributed by atoms with Gasteiger partial charge in [0.25, 0.3) is 0 Å². The zero-order chi connectivity index (χ0) is 18.2. The van der Waals surface area contributed by atoms with Crippen LogP contribution in [-0.2, 0) is 13.1 Å². The van der Waals surface area contributed by atoms with E-state index in [1.807, 2.05) is 18.5 Å². The molecule has 2 rings (SSSR count). The number of guanidine groups is 1. The summed E-state index contributed by atoms with van der Waals surface area (Å²) in [5.41, 5.74) is 1.32. The molecule has 0 aliphatic heterocycles. The van der Waals surface area contributed by atoms with Crippen molar-refractivity contribution in [3.63, 3.8) is 0 Å². The normalized spacial score (nSPS) is 14.4. The van der Waals surface area contributed by atoms with Gasteiger partial charge in [-0.15, -0.1) is 0 Å². The van der Waals surface area contributed by atoms with Crippen molar-refractivity contribution in [3.05, 3.63) is 54.1 Å². The van der Waals surface area contributed by atoms with Gasteiger partial charge in [-0.05, 0) is 18.4 Å². The summed E-state index contributed by atoms with van der Waals surface area (Å²) in [6.07, 6.45) is 3.89. The summed E-state index contributed by atoms with van der Waals surface area (Å²) >= 11 is 0. The van der Waals surface area contributed by atoms with E-state index in [1.165, 1.54) is 5.56 Å². The Kier molecular flexibility index (Phi) is 7.04. The van der Waals surface area contributed by atoms with Gasteiger partial charge in [0.15, 0.2) is 5.96 Å². The van der Waals surface area contributed by atoms with Gasteiger partial charge in [-0.1, -0.05) is 51.1 Å². The average Bonchev–Trinajstić information content (AvgIpc) is 3.04. The van der Waals surface area contributed by atoms with Crippen LogP contribution in [0.25, 0.3) is 0 Å². The molecule has 0 spiro atoms. The first-order valence-corrected chi connectivity index (χ1v) is 9.03. The Labute approximate surface area is 151 Å². The van der Waals surface area contributed by atoms with Crippen LogP contribution in [0.4, 0.5) is 0 Å². The van der Waals surface area contributed by atoms with Crippen molar-refractivity contribution in [1.82, 2.24) is 20.2 Å². The highest BCUT2D eigenvalue weighted by molar-refractivity contribution is 5.79. The van der Waals surface area contributed by atoms with Crippen molar-refractivity contribution in [2.45, 2.75) is 52.7 Å². The van der Waals surface area contributed by atoms with Crippen LogP contribution < -0.4 is 10.6 Å². The van der Waals surface area contributed by atoms with Crippen LogP contribution in [-0.4, -0.2) is 28.6 Å². The second-order valence-corrected chi connectivity index (χ2v) is 6.95. The van der Waals surface area contributed by atoms with E-state index < -0.39 is 0 Å². The molecule has 5 heteroatoms. The third kappa shape index (κ3) is 5.62. The zero-order valence-corrected chi connectivity index (χ0v) is 16.0. The van der Waals surface area contributed by atoms with Crippen LogP contribution in [0.3, 0.4) is 0 Å². The molecule has 0 aliphatic carbocycles. The van der Waals surface area contributed by atoms with E-state index in [0.717, 1.165) is 18.3 Å². The summed E-state index contributed by atoms with van der Waals surface area (Å²) in [5, 5.41) is 6.87. The SMILES string of the molecule is CN=C(NCc1nccn1CC(C)C)NC(C)C(C)c1ccccc1. The van der Waals surface area contributed by atoms with E-state index >= 15 is 0 Å². The molecule has 2 aromatic rings. The van der Waals surface area contributed by atoms with Crippen molar-refractivity contribution >= 4 is 5.96 Å². The molecular weight excluding hydrogens is 310 g/mol. The maximum atomic E-state index is 4.46. The molecule has 0 aliphatic rings. The molecule has 2 atom stereocenters. The first-order chi connectivity index (χ1) is 12.0. The minimum atomic E-state index is 0.268. The summed E-state index contributed by atoms with van der Waals surface area (Å²) in [4.78, 5) is 8.81. The van der Waals surface area contributed by atoms with Crippen LogP contribution in [0.5, 0.6) is 0 Å². The second kappa shape index (κ2) is 9.25. The fourth-order valence-electron chi connectivity index (χ4n) is 2.81. The fraction of sp³-hybridized carbons (Fsp3) is 0.500. The van der Waals surface area contributed by atoms with Gasteiger partial charge in [0.2, 0.25) is 0 Å². The standard InChI is InChI=1S/C20H31N5/c1-15(2)14-25-12-11-22-19(25)13-23-20(21-5)24-17(4)16(3)18-9-7-6-8-10-18/h6-12,15-17H,13-14H2,1-5H3,(H2,21,23,24). The molecule has 0 fully saturated rings. The van der Waals surface area contributed by atoms with Gasteiger partial charge < -0.3 is 15.2 Å². The van der Waals surface area contributed by atoms with Crippen LogP contribution in [0, 0.1) is 5.92 Å². The van der Waals surface area contributed by atoms with Crippen molar-refractivity contribution in [2.24, 2.45) is 10.9 Å². The van der Waals surface area contributed by atoms with Gasteiger partial charge in [0.05, 0.1) is 6.54 Å². The van der Waals surface area contributed by atoms with Crippen molar-refractivity contribution in [1.29, 1.82) is 0 Å². The highest BCUT2D eigenvalue weighted by Crippen LogP contribution is 2.18. The predicted molar refractivity (Wildman–Crippen MR) is 105 cm³/mol. The minimum absolute atomic E-state index is 0.268. The maximum absolute atomic E-state index is 4.46. The first kappa shape index (κ1) is 19.0. The monoisotopic (exact) mass is 341 g/mol. The largest absolute Gasteiger partial charge is 0.353 e. The van der Waals surface area contributed by atoms with Crippen molar-refractivity contribution < 1.29 is 0 Å². The molecule has 1 aromatic heterocycles. The fourth-order valence-corrected chi connectivity index (χ4v) is 2.81. The molecule has 0 bridgehead atoms. The molecule has 1 heterocycles. The number of imidazole rings is 1. The molecule has 0 radical (unpaired) electrons. The number of nitrogens with one attached hydrogen (secondary N) is 2. The van der Waals surface area contributed by atoms with Gasteiger partial charge in [-0.3, -0.25) is 4.99 Å². The summed E-state index contributed by atoms with van der Waals surface area (Å²) in [7, 11) is 1.80. The summed E-state index contributed by atoms with van der Waals surface area (Å²) in [6.45, 7) is 10.5. The van der Waals surface area contributed by atoms with Gasteiger partial charge in [0, 0.05) is 37.9 Å². The Morgan fingerprint density at radius 1 is 1.16 bits per heavy atom. The van der Waals surface area contributed by atoms with Crippen LogP contribution in [0.2, 0.25) is 0 Å². The predicted octanol–water partition coefficient (Wildman–Crippen LogP) is 3.40. The number of hydrogen-bond acceptors (Lipinski definition) is 2. The molecule has 5 nitrogen and oxygen atoms in total. The van der Waals surface area contributed by atoms with Gasteiger partial charge in [0.1, 0.15) is 5.82 Å². The number of aliphatic imine (C=N–C) groups is 1. The third-order valence-corrected chi connectivity index (χ3v) is 4.44. The van der Waals surface area contributed by atoms with Crippen molar-refractivity contribution in [3.8, 4) is 0 Å². The highest BCUT2D eigenvalue weighted by Gasteiger charge is 2.15. The lowest BCUT2D eigenvalue weighted by Gasteiger charge is -2.24. The molecule has 0 amide bonds. The Balaban J connectivity index is 1.91. The lowest BCUT2D eigenvalue weighted by Crippen LogP contribution is -2.44. The Morgan fingerprint density at radius 3 is 2.52 bits per heavy atom. The second-order valence-electron chi connectivity index (χ2n) is 6.95. The van der Waals surface area contributed by atoms with E-state index in [9.17, 15) is 0 Å². The molecule has 1 aromatic carbocycles.